The minimum atomic E-state index is 1.11. The van der Waals surface area contributed by atoms with Gasteiger partial charge in [0.2, 0.25) is 0 Å². The van der Waals surface area contributed by atoms with Gasteiger partial charge in [0, 0.05) is 5.33 Å². The molecule has 0 heterocycles. The first-order valence-corrected chi connectivity index (χ1v) is 5.76. The molecule has 0 aliphatic heterocycles. The quantitative estimate of drug-likeness (QED) is 0.483. The zero-order valence-electron chi connectivity index (χ0n) is 7.33. The van der Waals surface area contributed by atoms with Crippen LogP contribution < -0.4 is 0 Å². The monoisotopic (exact) mass is 216 g/mol. The van der Waals surface area contributed by atoms with Gasteiger partial charge in [-0.3, -0.25) is 0 Å². The molecule has 0 saturated carbocycles. The van der Waals surface area contributed by atoms with Crippen molar-refractivity contribution in [1.82, 2.24) is 0 Å². The molecule has 0 aromatic heterocycles. The van der Waals surface area contributed by atoms with Crippen molar-refractivity contribution in [2.45, 2.75) is 45.4 Å². The minimum absolute atomic E-state index is 1.11. The zero-order valence-corrected chi connectivity index (χ0v) is 8.91. The third-order valence-electron chi connectivity index (χ3n) is 2.55. The molecule has 64 valence electrons. The first-order valence-electron chi connectivity index (χ1n) is 4.64. The Morgan fingerprint density at radius 3 is 2.27 bits per heavy atom. The summed E-state index contributed by atoms with van der Waals surface area (Å²) in [5.41, 5.74) is 3.41. The van der Waals surface area contributed by atoms with E-state index < -0.39 is 0 Å². The molecule has 1 rings (SSSR count). The largest absolute Gasteiger partial charge is 0.0880 e. The average Bonchev–Trinajstić information content (AvgIpc) is 2.27. The Balaban J connectivity index is 2.64. The average molecular weight is 217 g/mol. The Kier molecular flexibility index (Phi) is 4.21. The van der Waals surface area contributed by atoms with E-state index in [0.717, 1.165) is 5.33 Å². The molecular formula is C10H17Br. The second-order valence-corrected chi connectivity index (χ2v) is 3.82. The van der Waals surface area contributed by atoms with Crippen molar-refractivity contribution < 1.29 is 0 Å². The highest BCUT2D eigenvalue weighted by atomic mass is 79.9. The Morgan fingerprint density at radius 2 is 1.73 bits per heavy atom. The van der Waals surface area contributed by atoms with E-state index in [9.17, 15) is 0 Å². The van der Waals surface area contributed by atoms with Gasteiger partial charge in [-0.05, 0) is 32.1 Å². The molecule has 0 fully saturated rings. The maximum absolute atomic E-state index is 3.57. The topological polar surface area (TPSA) is 0 Å². The van der Waals surface area contributed by atoms with Gasteiger partial charge in [-0.1, -0.05) is 40.4 Å². The van der Waals surface area contributed by atoms with E-state index in [2.05, 4.69) is 22.9 Å². The molecule has 0 atom stereocenters. The molecule has 0 bridgehead atoms. The number of hydrogen-bond donors (Lipinski definition) is 0. The number of halogens is 1. The fraction of sp³-hybridized carbons (Fsp3) is 0.800. The van der Waals surface area contributed by atoms with Crippen LogP contribution in [-0.2, 0) is 0 Å². The summed E-state index contributed by atoms with van der Waals surface area (Å²) in [5.74, 6) is 0. The van der Waals surface area contributed by atoms with E-state index in [1.165, 1.54) is 38.5 Å². The molecule has 1 heteroatoms. The van der Waals surface area contributed by atoms with Gasteiger partial charge in [-0.25, -0.2) is 0 Å². The number of hydrogen-bond acceptors (Lipinski definition) is 0. The Labute approximate surface area is 78.2 Å². The van der Waals surface area contributed by atoms with Crippen LogP contribution in [0.5, 0.6) is 0 Å². The maximum Gasteiger partial charge on any atom is 0.0244 e. The van der Waals surface area contributed by atoms with Crippen LogP contribution in [-0.4, -0.2) is 5.33 Å². The molecule has 0 aromatic rings. The lowest BCUT2D eigenvalue weighted by Gasteiger charge is -2.06. The fourth-order valence-corrected chi connectivity index (χ4v) is 2.47. The maximum atomic E-state index is 3.57. The summed E-state index contributed by atoms with van der Waals surface area (Å²) in [4.78, 5) is 0. The molecule has 1 aliphatic carbocycles. The van der Waals surface area contributed by atoms with Gasteiger partial charge in [-0.15, -0.1) is 0 Å². The van der Waals surface area contributed by atoms with Crippen LogP contribution >= 0.6 is 15.9 Å². The van der Waals surface area contributed by atoms with Gasteiger partial charge in [0.15, 0.2) is 0 Å². The third kappa shape index (κ3) is 2.62. The van der Waals surface area contributed by atoms with Crippen LogP contribution in [0, 0.1) is 0 Å². The summed E-state index contributed by atoms with van der Waals surface area (Å²) in [6, 6.07) is 0. The highest BCUT2D eigenvalue weighted by Gasteiger charge is 2.07. The van der Waals surface area contributed by atoms with Crippen molar-refractivity contribution in [2.24, 2.45) is 0 Å². The Morgan fingerprint density at radius 1 is 1.09 bits per heavy atom. The molecule has 0 amide bonds. The molecule has 11 heavy (non-hydrogen) atoms. The van der Waals surface area contributed by atoms with Gasteiger partial charge in [0.1, 0.15) is 0 Å². The van der Waals surface area contributed by atoms with Crippen LogP contribution in [0.3, 0.4) is 0 Å². The molecule has 1 aliphatic rings. The van der Waals surface area contributed by atoms with E-state index >= 15 is 0 Å². The molecule has 0 spiro atoms. The minimum Gasteiger partial charge on any atom is -0.0880 e. The molecule has 0 aromatic carbocycles. The molecule has 0 unspecified atom stereocenters. The van der Waals surface area contributed by atoms with Gasteiger partial charge in [-0.2, -0.15) is 0 Å². The molecular weight excluding hydrogens is 200 g/mol. The van der Waals surface area contributed by atoms with Gasteiger partial charge < -0.3 is 0 Å². The van der Waals surface area contributed by atoms with E-state index in [-0.39, 0.29) is 0 Å². The van der Waals surface area contributed by atoms with Crippen molar-refractivity contribution >= 4 is 15.9 Å². The first kappa shape index (κ1) is 9.31. The van der Waals surface area contributed by atoms with Crippen molar-refractivity contribution in [2.75, 3.05) is 5.33 Å². The summed E-state index contributed by atoms with van der Waals surface area (Å²) >= 11 is 3.57. The van der Waals surface area contributed by atoms with Crippen LogP contribution in [0.15, 0.2) is 11.1 Å². The second kappa shape index (κ2) is 4.97. The molecule has 0 nitrogen and oxygen atoms in total. The van der Waals surface area contributed by atoms with E-state index in [4.69, 9.17) is 0 Å². The van der Waals surface area contributed by atoms with Crippen molar-refractivity contribution in [3.8, 4) is 0 Å². The summed E-state index contributed by atoms with van der Waals surface area (Å²) in [5, 5.41) is 1.11. The number of rotatable bonds is 2. The predicted molar refractivity (Wildman–Crippen MR) is 54.2 cm³/mol. The highest BCUT2D eigenvalue weighted by Crippen LogP contribution is 2.26. The number of alkyl halides is 1. The van der Waals surface area contributed by atoms with Gasteiger partial charge in [0.05, 0.1) is 0 Å². The zero-order chi connectivity index (χ0) is 8.10. The van der Waals surface area contributed by atoms with Crippen LogP contribution in [0.1, 0.15) is 45.4 Å². The summed E-state index contributed by atoms with van der Waals surface area (Å²) in [6.07, 6.45) is 8.22. The van der Waals surface area contributed by atoms with Crippen molar-refractivity contribution in [3.63, 3.8) is 0 Å². The smallest absolute Gasteiger partial charge is 0.0244 e. The summed E-state index contributed by atoms with van der Waals surface area (Å²) < 4.78 is 0. The number of allylic oxidation sites excluding steroid dienone is 2. The van der Waals surface area contributed by atoms with Crippen molar-refractivity contribution in [3.05, 3.63) is 11.1 Å². The van der Waals surface area contributed by atoms with Gasteiger partial charge in [0.25, 0.3) is 0 Å². The van der Waals surface area contributed by atoms with E-state index in [1.54, 1.807) is 11.1 Å². The predicted octanol–water partition coefficient (Wildman–Crippen LogP) is 4.05. The highest BCUT2D eigenvalue weighted by molar-refractivity contribution is 9.09. The lowest BCUT2D eigenvalue weighted by molar-refractivity contribution is 0.703. The first-order chi connectivity index (χ1) is 5.38. The molecule has 0 saturated heterocycles. The fourth-order valence-electron chi connectivity index (χ4n) is 1.80. The van der Waals surface area contributed by atoms with E-state index in [1.807, 2.05) is 0 Å². The normalized spacial score (nSPS) is 20.2. The molecule has 0 radical (unpaired) electrons. The third-order valence-corrected chi connectivity index (χ3v) is 3.22. The Bertz CT molecular complexity index is 131. The van der Waals surface area contributed by atoms with Crippen LogP contribution in [0.4, 0.5) is 0 Å². The van der Waals surface area contributed by atoms with Gasteiger partial charge >= 0.3 is 0 Å². The lowest BCUT2D eigenvalue weighted by Crippen LogP contribution is -1.90. The van der Waals surface area contributed by atoms with E-state index in [0.29, 0.717) is 0 Å². The summed E-state index contributed by atoms with van der Waals surface area (Å²) in [7, 11) is 0. The second-order valence-electron chi connectivity index (χ2n) is 3.25. The Hall–Kier alpha value is 0.220. The van der Waals surface area contributed by atoms with Crippen LogP contribution in [0.2, 0.25) is 0 Å². The standard InChI is InChI=1S/C10H17Br/c1-2-9-6-4-3-5-7-10(9)8-11/h2-8H2,1H3. The summed E-state index contributed by atoms with van der Waals surface area (Å²) in [6.45, 7) is 2.28. The SMILES string of the molecule is CCC1=C(CBr)CCCCC1. The van der Waals surface area contributed by atoms with Crippen LogP contribution in [0.25, 0.3) is 0 Å². The lowest BCUT2D eigenvalue weighted by atomic mass is 10.0. The van der Waals surface area contributed by atoms with Crippen molar-refractivity contribution in [1.29, 1.82) is 0 Å². The molecule has 0 N–H and O–H groups in total.